The largest absolute Gasteiger partial charge is 0.322 e. The maximum absolute atomic E-state index is 14.8. The number of hydrogen-bond donors (Lipinski definition) is 1. The highest BCUT2D eigenvalue weighted by Gasteiger charge is 2.20. The molecule has 2 aliphatic rings. The molecule has 1 saturated carbocycles. The molecule has 1 heterocycles. The predicted molar refractivity (Wildman–Crippen MR) is 147 cm³/mol. The molecule has 2 aromatic carbocycles. The Kier molecular flexibility index (Phi) is 8.90. The second-order valence-corrected chi connectivity index (χ2v) is 9.93. The Hall–Kier alpha value is -3.45. The zero-order valence-corrected chi connectivity index (χ0v) is 21.3. The molecular formula is C32H35FN2O. The number of aliphatic imine (C=N–C) groups is 1. The quantitative estimate of drug-likeness (QED) is 0.419. The van der Waals surface area contributed by atoms with Gasteiger partial charge in [-0.2, -0.15) is 0 Å². The first-order valence-corrected chi connectivity index (χ1v) is 13.1. The summed E-state index contributed by atoms with van der Waals surface area (Å²) in [7, 11) is 0. The average molecular weight is 483 g/mol. The van der Waals surface area contributed by atoms with E-state index in [0.29, 0.717) is 17.2 Å². The Morgan fingerprint density at radius 2 is 1.89 bits per heavy atom. The molecule has 0 radical (unpaired) electrons. The summed E-state index contributed by atoms with van der Waals surface area (Å²) in [5.74, 6) is 7.33. The van der Waals surface area contributed by atoms with Crippen molar-refractivity contribution in [3.8, 4) is 11.8 Å². The molecule has 0 atom stereocenters. The van der Waals surface area contributed by atoms with Crippen molar-refractivity contribution in [2.75, 3.05) is 5.32 Å². The highest BCUT2D eigenvalue weighted by molar-refractivity contribution is 6.04. The van der Waals surface area contributed by atoms with Gasteiger partial charge in [0.05, 0.1) is 0 Å². The molecule has 0 saturated heterocycles. The van der Waals surface area contributed by atoms with Crippen LogP contribution >= 0.6 is 0 Å². The van der Waals surface area contributed by atoms with E-state index >= 15 is 0 Å². The van der Waals surface area contributed by atoms with Gasteiger partial charge in [0.25, 0.3) is 5.91 Å². The molecule has 1 fully saturated rings. The van der Waals surface area contributed by atoms with E-state index in [0.717, 1.165) is 47.4 Å². The first-order valence-electron chi connectivity index (χ1n) is 13.1. The van der Waals surface area contributed by atoms with Crippen LogP contribution in [0.25, 0.3) is 0 Å². The monoisotopic (exact) mass is 482 g/mol. The maximum atomic E-state index is 14.8. The van der Waals surface area contributed by atoms with Crippen molar-refractivity contribution in [1.29, 1.82) is 0 Å². The number of aryl methyl sites for hydroxylation is 2. The number of anilines is 1. The second-order valence-electron chi connectivity index (χ2n) is 9.93. The summed E-state index contributed by atoms with van der Waals surface area (Å²) in [6, 6.07) is 10.5. The molecule has 3 nitrogen and oxygen atoms in total. The van der Waals surface area contributed by atoms with E-state index in [1.807, 2.05) is 31.2 Å². The summed E-state index contributed by atoms with van der Waals surface area (Å²) >= 11 is 0. The van der Waals surface area contributed by atoms with Crippen LogP contribution in [0.2, 0.25) is 0 Å². The predicted octanol–water partition coefficient (Wildman–Crippen LogP) is 7.80. The second kappa shape index (κ2) is 12.5. The lowest BCUT2D eigenvalue weighted by atomic mass is 9.78. The van der Waals surface area contributed by atoms with E-state index in [4.69, 9.17) is 0 Å². The Labute approximate surface area is 214 Å². The van der Waals surface area contributed by atoms with Gasteiger partial charge in [-0.15, -0.1) is 0 Å². The lowest BCUT2D eigenvalue weighted by molar-refractivity contribution is 0.102. The summed E-state index contributed by atoms with van der Waals surface area (Å²) < 4.78 is 14.8. The first-order chi connectivity index (χ1) is 17.5. The molecule has 4 heteroatoms. The van der Waals surface area contributed by atoms with Crippen molar-refractivity contribution in [1.82, 2.24) is 0 Å². The van der Waals surface area contributed by atoms with Crippen molar-refractivity contribution in [3.05, 3.63) is 88.4 Å². The summed E-state index contributed by atoms with van der Waals surface area (Å²) in [5.41, 5.74) is 4.29. The standard InChI is InChI=1S/C32H35FN2O/c1-3-24-8-10-25(11-9-24)12-15-27-17-18-30(21-31(27)33)35-32(36)29-14-7-23(2)28(20-29)16-13-26-6-4-5-19-34-22-26/h5-7,14,17-22,24-25H,3-4,8-12,15H2,1-2H3,(H,35,36). The van der Waals surface area contributed by atoms with E-state index in [9.17, 15) is 9.18 Å². The van der Waals surface area contributed by atoms with Gasteiger partial charge in [-0.3, -0.25) is 9.79 Å². The zero-order valence-electron chi connectivity index (χ0n) is 21.3. The van der Waals surface area contributed by atoms with Crippen molar-refractivity contribution >= 4 is 17.8 Å². The Balaban J connectivity index is 1.37. The van der Waals surface area contributed by atoms with E-state index in [1.54, 1.807) is 30.6 Å². The number of allylic oxidation sites excluding steroid dienone is 3. The van der Waals surface area contributed by atoms with Gasteiger partial charge in [0.15, 0.2) is 0 Å². The number of nitrogens with zero attached hydrogens (tertiary/aromatic N) is 1. The van der Waals surface area contributed by atoms with Crippen LogP contribution in [0.3, 0.4) is 0 Å². The number of halogens is 1. The fourth-order valence-electron chi connectivity index (χ4n) is 4.93. The van der Waals surface area contributed by atoms with Gasteiger partial charge in [-0.1, -0.05) is 75.2 Å². The summed E-state index contributed by atoms with van der Waals surface area (Å²) in [6.07, 6.45) is 16.5. The lowest BCUT2D eigenvalue weighted by Gasteiger charge is -2.27. The minimum absolute atomic E-state index is 0.252. The third kappa shape index (κ3) is 7.04. The van der Waals surface area contributed by atoms with Crippen molar-refractivity contribution in [2.45, 2.75) is 65.2 Å². The van der Waals surface area contributed by atoms with E-state index in [2.05, 4.69) is 29.1 Å². The molecule has 186 valence electrons. The maximum Gasteiger partial charge on any atom is 0.255 e. The van der Waals surface area contributed by atoms with Crippen LogP contribution < -0.4 is 5.32 Å². The van der Waals surface area contributed by atoms with Gasteiger partial charge < -0.3 is 5.32 Å². The number of benzene rings is 2. The minimum atomic E-state index is -0.280. The lowest BCUT2D eigenvalue weighted by Crippen LogP contribution is -2.15. The van der Waals surface area contributed by atoms with E-state index in [-0.39, 0.29) is 11.7 Å². The van der Waals surface area contributed by atoms with Gasteiger partial charge >= 0.3 is 0 Å². The van der Waals surface area contributed by atoms with Gasteiger partial charge in [0, 0.05) is 34.8 Å². The Bertz CT molecular complexity index is 1240. The zero-order chi connectivity index (χ0) is 25.3. The summed E-state index contributed by atoms with van der Waals surface area (Å²) in [5, 5.41) is 2.84. The third-order valence-electron chi connectivity index (χ3n) is 7.40. The first kappa shape index (κ1) is 25.6. The summed E-state index contributed by atoms with van der Waals surface area (Å²) in [4.78, 5) is 17.0. The molecule has 0 bridgehead atoms. The Morgan fingerprint density at radius 3 is 2.67 bits per heavy atom. The Morgan fingerprint density at radius 1 is 1.08 bits per heavy atom. The third-order valence-corrected chi connectivity index (χ3v) is 7.40. The number of nitrogens with one attached hydrogen (secondary N) is 1. The van der Waals surface area contributed by atoms with Crippen LogP contribution in [0.4, 0.5) is 10.1 Å². The highest BCUT2D eigenvalue weighted by Crippen LogP contribution is 2.33. The van der Waals surface area contributed by atoms with Crippen molar-refractivity contribution in [2.24, 2.45) is 16.8 Å². The highest BCUT2D eigenvalue weighted by atomic mass is 19.1. The minimum Gasteiger partial charge on any atom is -0.322 e. The van der Waals surface area contributed by atoms with Crippen molar-refractivity contribution in [3.63, 3.8) is 0 Å². The molecule has 2 aromatic rings. The van der Waals surface area contributed by atoms with Gasteiger partial charge in [-0.05, 0) is 73.4 Å². The smallest absolute Gasteiger partial charge is 0.255 e. The molecule has 1 aliphatic heterocycles. The van der Waals surface area contributed by atoms with Crippen molar-refractivity contribution < 1.29 is 9.18 Å². The number of rotatable bonds is 6. The van der Waals surface area contributed by atoms with Crippen LogP contribution in [0, 0.1) is 36.4 Å². The topological polar surface area (TPSA) is 41.5 Å². The fourth-order valence-corrected chi connectivity index (χ4v) is 4.93. The molecule has 1 N–H and O–H groups in total. The molecule has 1 amide bonds. The van der Waals surface area contributed by atoms with Gasteiger partial charge in [-0.25, -0.2) is 4.39 Å². The number of carbonyl (C=O) groups excluding carboxylic acids is 1. The fraction of sp³-hybridized carbons (Fsp3) is 0.375. The van der Waals surface area contributed by atoms with Crippen LogP contribution in [0.1, 0.15) is 78.9 Å². The van der Waals surface area contributed by atoms with Crippen LogP contribution in [-0.2, 0) is 6.42 Å². The molecule has 36 heavy (non-hydrogen) atoms. The molecule has 1 aliphatic carbocycles. The number of amides is 1. The SMILES string of the molecule is CCC1CCC(CCc2ccc(NC(=O)c3ccc(C)c(C#CC4=CCC=CN=C4)c3)cc2F)CC1. The van der Waals surface area contributed by atoms with Crippen LogP contribution in [0.5, 0.6) is 0 Å². The number of hydrogen-bond acceptors (Lipinski definition) is 2. The normalized spacial score (nSPS) is 19.1. The number of carbonyl (C=O) groups is 1. The van der Waals surface area contributed by atoms with Crippen LogP contribution in [0.15, 0.2) is 65.3 Å². The molecular weight excluding hydrogens is 447 g/mol. The van der Waals surface area contributed by atoms with Gasteiger partial charge in [0.2, 0.25) is 0 Å². The van der Waals surface area contributed by atoms with E-state index in [1.165, 1.54) is 38.2 Å². The molecule has 0 spiro atoms. The average Bonchev–Trinajstić information content (AvgIpc) is 3.17. The van der Waals surface area contributed by atoms with Gasteiger partial charge in [0.1, 0.15) is 5.82 Å². The summed E-state index contributed by atoms with van der Waals surface area (Å²) in [6.45, 7) is 4.24. The van der Waals surface area contributed by atoms with E-state index < -0.39 is 0 Å². The van der Waals surface area contributed by atoms with Crippen LogP contribution in [-0.4, -0.2) is 12.1 Å². The molecule has 0 unspecified atom stereocenters. The molecule has 0 aromatic heterocycles. The molecule has 4 rings (SSSR count).